The summed E-state index contributed by atoms with van der Waals surface area (Å²) in [5.74, 6) is -0.344. The summed E-state index contributed by atoms with van der Waals surface area (Å²) in [6.07, 6.45) is -0.246. The average Bonchev–Trinajstić information content (AvgIpc) is 2.83. The zero-order valence-corrected chi connectivity index (χ0v) is 14.2. The minimum absolute atomic E-state index is 0.0262. The van der Waals surface area contributed by atoms with E-state index in [0.717, 1.165) is 5.56 Å². The Bertz CT molecular complexity index is 1050. The summed E-state index contributed by atoms with van der Waals surface area (Å²) in [5, 5.41) is 20.6. The normalized spacial score (nSPS) is 18.1. The Balaban J connectivity index is 2.15. The van der Waals surface area contributed by atoms with Gasteiger partial charge in [0.05, 0.1) is 5.56 Å². The number of fused-ring (bicyclic) bond motifs is 3. The largest absolute Gasteiger partial charge is 0.504 e. The summed E-state index contributed by atoms with van der Waals surface area (Å²) in [7, 11) is 0. The molecule has 1 unspecified atom stereocenters. The number of phenols is 2. The third-order valence-corrected chi connectivity index (χ3v) is 5.09. The van der Waals surface area contributed by atoms with Crippen molar-refractivity contribution in [2.75, 3.05) is 0 Å². The Labute approximate surface area is 144 Å². The molecule has 2 aromatic carbocycles. The predicted octanol–water partition coefficient (Wildman–Crippen LogP) is 3.93. The van der Waals surface area contributed by atoms with E-state index < -0.39 is 22.3 Å². The molecule has 1 aliphatic heterocycles. The quantitative estimate of drug-likeness (QED) is 0.657. The molecule has 0 saturated carbocycles. The van der Waals surface area contributed by atoms with Crippen LogP contribution >= 0.6 is 0 Å². The molecular formula is C20H18O5. The second-order valence-corrected chi connectivity index (χ2v) is 6.93. The number of hydrogen-bond donors (Lipinski definition) is 2. The van der Waals surface area contributed by atoms with Crippen LogP contribution in [0.4, 0.5) is 0 Å². The van der Waals surface area contributed by atoms with Gasteiger partial charge in [-0.3, -0.25) is 4.79 Å². The van der Waals surface area contributed by atoms with E-state index in [-0.39, 0.29) is 22.8 Å². The fraction of sp³-hybridized carbons (Fsp3) is 0.250. The lowest BCUT2D eigenvalue weighted by Gasteiger charge is -2.22. The third kappa shape index (κ3) is 2.05. The van der Waals surface area contributed by atoms with E-state index in [1.165, 1.54) is 6.07 Å². The lowest BCUT2D eigenvalue weighted by Crippen LogP contribution is -2.29. The maximum atomic E-state index is 12.7. The van der Waals surface area contributed by atoms with Crippen molar-refractivity contribution >= 4 is 11.0 Å². The van der Waals surface area contributed by atoms with Crippen molar-refractivity contribution in [3.63, 3.8) is 0 Å². The lowest BCUT2D eigenvalue weighted by molar-refractivity contribution is 0.180. The van der Waals surface area contributed by atoms with Crippen molar-refractivity contribution in [2.45, 2.75) is 32.3 Å². The van der Waals surface area contributed by atoms with Crippen LogP contribution in [0.1, 0.15) is 26.3 Å². The highest BCUT2D eigenvalue weighted by molar-refractivity contribution is 5.94. The monoisotopic (exact) mass is 338 g/mol. The molecule has 0 radical (unpaired) electrons. The van der Waals surface area contributed by atoms with Gasteiger partial charge in [0, 0.05) is 17.0 Å². The Morgan fingerprint density at radius 3 is 2.44 bits per heavy atom. The molecule has 1 aliphatic rings. The summed E-state index contributed by atoms with van der Waals surface area (Å²) in [6.45, 7) is 5.78. The second kappa shape index (κ2) is 5.02. The van der Waals surface area contributed by atoms with Crippen LogP contribution in [-0.2, 0) is 5.41 Å². The number of rotatable bonds is 1. The highest BCUT2D eigenvalue weighted by Gasteiger charge is 2.44. The van der Waals surface area contributed by atoms with Crippen LogP contribution in [0, 0.1) is 0 Å². The number of hydrogen-bond acceptors (Lipinski definition) is 5. The first-order chi connectivity index (χ1) is 11.8. The first-order valence-corrected chi connectivity index (χ1v) is 8.10. The standard InChI is InChI=1S/C20H18O5/c1-10-20(2,3)15-18-14(16(22)17(23)19(15)24-10)12(21)9-13(25-18)11-7-5-4-6-8-11/h4-10,22-23H,1-3H3. The fourth-order valence-electron chi connectivity index (χ4n) is 3.31. The van der Waals surface area contributed by atoms with Crippen LogP contribution < -0.4 is 10.2 Å². The average molecular weight is 338 g/mol. The Kier molecular flexibility index (Phi) is 3.13. The highest BCUT2D eigenvalue weighted by atomic mass is 16.5. The summed E-state index contributed by atoms with van der Waals surface area (Å²) in [6, 6.07) is 10.6. The van der Waals surface area contributed by atoms with Gasteiger partial charge in [-0.25, -0.2) is 0 Å². The van der Waals surface area contributed by atoms with Crippen LogP contribution in [0.2, 0.25) is 0 Å². The van der Waals surface area contributed by atoms with E-state index in [0.29, 0.717) is 11.3 Å². The number of aromatic hydroxyl groups is 2. The molecule has 5 nitrogen and oxygen atoms in total. The molecule has 0 bridgehead atoms. The summed E-state index contributed by atoms with van der Waals surface area (Å²) < 4.78 is 11.8. The van der Waals surface area contributed by atoms with Crippen LogP contribution in [-0.4, -0.2) is 16.3 Å². The van der Waals surface area contributed by atoms with E-state index in [1.54, 1.807) is 0 Å². The molecule has 0 saturated heterocycles. The Morgan fingerprint density at radius 1 is 1.08 bits per heavy atom. The summed E-state index contributed by atoms with van der Waals surface area (Å²) >= 11 is 0. The van der Waals surface area contributed by atoms with Crippen LogP contribution in [0.15, 0.2) is 45.6 Å². The zero-order chi connectivity index (χ0) is 17.9. The van der Waals surface area contributed by atoms with Gasteiger partial charge in [0.2, 0.25) is 5.75 Å². The molecule has 0 aliphatic carbocycles. The molecule has 2 N–H and O–H groups in total. The van der Waals surface area contributed by atoms with E-state index >= 15 is 0 Å². The number of benzene rings is 2. The first-order valence-electron chi connectivity index (χ1n) is 8.10. The fourth-order valence-corrected chi connectivity index (χ4v) is 3.31. The van der Waals surface area contributed by atoms with Crippen molar-refractivity contribution in [3.05, 3.63) is 52.2 Å². The summed E-state index contributed by atoms with van der Waals surface area (Å²) in [5.41, 5.74) is 0.703. The van der Waals surface area contributed by atoms with Crippen molar-refractivity contribution in [1.82, 2.24) is 0 Å². The van der Waals surface area contributed by atoms with Crippen LogP contribution in [0.5, 0.6) is 17.2 Å². The molecule has 1 atom stereocenters. The summed E-state index contributed by atoms with van der Waals surface area (Å²) in [4.78, 5) is 12.7. The van der Waals surface area contributed by atoms with Gasteiger partial charge in [-0.15, -0.1) is 0 Å². The molecule has 4 rings (SSSR count). The zero-order valence-electron chi connectivity index (χ0n) is 14.2. The van der Waals surface area contributed by atoms with Gasteiger partial charge < -0.3 is 19.4 Å². The Morgan fingerprint density at radius 2 is 1.76 bits per heavy atom. The van der Waals surface area contributed by atoms with Gasteiger partial charge in [-0.05, 0) is 6.92 Å². The molecule has 5 heteroatoms. The van der Waals surface area contributed by atoms with Crippen molar-refractivity contribution in [2.24, 2.45) is 0 Å². The van der Waals surface area contributed by atoms with Crippen molar-refractivity contribution in [1.29, 1.82) is 0 Å². The third-order valence-electron chi connectivity index (χ3n) is 5.09. The van der Waals surface area contributed by atoms with E-state index in [9.17, 15) is 15.0 Å². The SMILES string of the molecule is CC1Oc2c(O)c(O)c3c(=O)cc(-c4ccccc4)oc3c2C1(C)C. The topological polar surface area (TPSA) is 79.9 Å². The number of ether oxygens (including phenoxy) is 1. The minimum atomic E-state index is -0.507. The highest BCUT2D eigenvalue weighted by Crippen LogP contribution is 2.54. The molecule has 0 spiro atoms. The number of phenolic OH excluding ortho intramolecular Hbond substituents is 2. The molecule has 2 heterocycles. The van der Waals surface area contributed by atoms with Gasteiger partial charge >= 0.3 is 0 Å². The molecular weight excluding hydrogens is 320 g/mol. The minimum Gasteiger partial charge on any atom is -0.504 e. The predicted molar refractivity (Wildman–Crippen MR) is 94.4 cm³/mol. The van der Waals surface area contributed by atoms with Crippen LogP contribution in [0.3, 0.4) is 0 Å². The van der Waals surface area contributed by atoms with E-state index in [4.69, 9.17) is 9.15 Å². The molecule has 1 aromatic heterocycles. The molecule has 0 amide bonds. The molecule has 25 heavy (non-hydrogen) atoms. The van der Waals surface area contributed by atoms with Crippen molar-refractivity contribution in [3.8, 4) is 28.6 Å². The maximum Gasteiger partial charge on any atom is 0.201 e. The van der Waals surface area contributed by atoms with Gasteiger partial charge in [0.1, 0.15) is 22.8 Å². The maximum absolute atomic E-state index is 12.7. The smallest absolute Gasteiger partial charge is 0.201 e. The van der Waals surface area contributed by atoms with Gasteiger partial charge in [0.15, 0.2) is 16.9 Å². The van der Waals surface area contributed by atoms with Crippen molar-refractivity contribution < 1.29 is 19.4 Å². The van der Waals surface area contributed by atoms with Crippen LogP contribution in [0.25, 0.3) is 22.3 Å². The lowest BCUT2D eigenvalue weighted by atomic mass is 9.80. The first kappa shape index (κ1) is 15.6. The van der Waals surface area contributed by atoms with E-state index in [1.807, 2.05) is 51.1 Å². The molecule has 0 fully saturated rings. The molecule has 3 aromatic rings. The van der Waals surface area contributed by atoms with Gasteiger partial charge in [-0.2, -0.15) is 0 Å². The second-order valence-electron chi connectivity index (χ2n) is 6.93. The Hall–Kier alpha value is -2.95. The van der Waals surface area contributed by atoms with Gasteiger partial charge in [-0.1, -0.05) is 44.2 Å². The van der Waals surface area contributed by atoms with Gasteiger partial charge in [0.25, 0.3) is 0 Å². The van der Waals surface area contributed by atoms with E-state index in [2.05, 4.69) is 0 Å². The molecule has 128 valence electrons.